The Bertz CT molecular complexity index is 583. The zero-order valence-corrected chi connectivity index (χ0v) is 17.3. The van der Waals surface area contributed by atoms with Gasteiger partial charge in [0.15, 0.2) is 5.78 Å². The third-order valence-electron chi connectivity index (χ3n) is 4.37. The Morgan fingerprint density at radius 3 is 2.16 bits per heavy atom. The Morgan fingerprint density at radius 1 is 1.16 bits per heavy atom. The van der Waals surface area contributed by atoms with E-state index in [1.54, 1.807) is 12.1 Å². The molecule has 0 fully saturated rings. The lowest BCUT2D eigenvalue weighted by atomic mass is 9.75. The lowest BCUT2D eigenvalue weighted by Gasteiger charge is -2.44. The molecule has 139 valence electrons. The smallest absolute Gasteiger partial charge is 0.352 e. The van der Waals surface area contributed by atoms with Gasteiger partial charge in [0.05, 0.1) is 13.7 Å². The molecule has 1 aromatic rings. The van der Waals surface area contributed by atoms with Crippen LogP contribution in [0.3, 0.4) is 0 Å². The molecule has 0 aliphatic carbocycles. The number of Topliss-reactive ketones (excluding diaryl/α,β-unsaturated/α-hetero) is 1. The number of esters is 1. The van der Waals surface area contributed by atoms with Gasteiger partial charge >= 0.3 is 5.97 Å². The molecule has 25 heavy (non-hydrogen) atoms. The molecule has 1 radical (unpaired) electrons. The van der Waals surface area contributed by atoms with E-state index in [2.05, 4.69) is 5.32 Å². The molecule has 0 aliphatic heterocycles. The van der Waals surface area contributed by atoms with E-state index >= 15 is 0 Å². The first-order valence-corrected chi connectivity index (χ1v) is 10.9. The number of methoxy groups -OCH3 is 1. The molecule has 2 atom stereocenters. The van der Waals surface area contributed by atoms with Crippen LogP contribution in [0, 0.1) is 11.3 Å². The van der Waals surface area contributed by atoms with Crippen molar-refractivity contribution in [2.24, 2.45) is 11.3 Å². The molecule has 0 saturated carbocycles. The Morgan fingerprint density at radius 2 is 1.72 bits per heavy atom. The van der Waals surface area contributed by atoms with E-state index in [1.165, 1.54) is 7.11 Å². The highest BCUT2D eigenvalue weighted by atomic mass is 28.3. The SMILES string of the molecule is COC(=O)C(NCC(=O)c1ccccc1)(O[Si](C)C)C(C)C(C)(C)C. The number of hydrogen-bond acceptors (Lipinski definition) is 5. The van der Waals surface area contributed by atoms with Crippen molar-refractivity contribution >= 4 is 20.8 Å². The molecule has 0 amide bonds. The molecule has 6 heteroatoms. The highest BCUT2D eigenvalue weighted by Crippen LogP contribution is 2.36. The maximum Gasteiger partial charge on any atom is 0.352 e. The quantitative estimate of drug-likeness (QED) is 0.332. The molecule has 0 heterocycles. The van der Waals surface area contributed by atoms with Crippen LogP contribution in [-0.2, 0) is 14.0 Å². The fraction of sp³-hybridized carbons (Fsp3) is 0.579. The van der Waals surface area contributed by atoms with Crippen molar-refractivity contribution in [2.45, 2.75) is 46.5 Å². The van der Waals surface area contributed by atoms with Gasteiger partial charge in [-0.25, -0.2) is 4.79 Å². The minimum atomic E-state index is -1.35. The maximum absolute atomic E-state index is 12.7. The summed E-state index contributed by atoms with van der Waals surface area (Å²) in [5, 5.41) is 3.10. The summed E-state index contributed by atoms with van der Waals surface area (Å²) in [7, 11) is 0.106. The van der Waals surface area contributed by atoms with E-state index < -0.39 is 20.7 Å². The van der Waals surface area contributed by atoms with Crippen molar-refractivity contribution in [2.75, 3.05) is 13.7 Å². The van der Waals surface area contributed by atoms with E-state index in [4.69, 9.17) is 9.16 Å². The standard InChI is InChI=1S/C19H30NO4Si/c1-14(18(2,3)4)19(17(22)23-5,24-25(6)7)20-13-16(21)15-11-9-8-10-12-15/h8-12,14,20H,13H2,1-7H3. The van der Waals surface area contributed by atoms with Crippen LogP contribution in [0.15, 0.2) is 30.3 Å². The summed E-state index contributed by atoms with van der Waals surface area (Å²) < 4.78 is 11.2. The lowest BCUT2D eigenvalue weighted by Crippen LogP contribution is -2.64. The van der Waals surface area contributed by atoms with Gasteiger partial charge in [-0.15, -0.1) is 0 Å². The molecule has 5 nitrogen and oxygen atoms in total. The largest absolute Gasteiger partial charge is 0.466 e. The van der Waals surface area contributed by atoms with E-state index in [9.17, 15) is 9.59 Å². The van der Waals surface area contributed by atoms with E-state index in [1.807, 2.05) is 59.0 Å². The second kappa shape index (κ2) is 8.74. The maximum atomic E-state index is 12.7. The second-order valence-electron chi connectivity index (χ2n) is 7.47. The van der Waals surface area contributed by atoms with Crippen molar-refractivity contribution in [3.8, 4) is 0 Å². The number of rotatable bonds is 8. The van der Waals surface area contributed by atoms with Gasteiger partial charge in [-0.1, -0.05) is 58.0 Å². The van der Waals surface area contributed by atoms with Crippen LogP contribution < -0.4 is 5.32 Å². The third-order valence-corrected chi connectivity index (χ3v) is 5.10. The average Bonchev–Trinajstić information content (AvgIpc) is 2.56. The first kappa shape index (κ1) is 21.5. The van der Waals surface area contributed by atoms with Crippen molar-refractivity contribution in [3.63, 3.8) is 0 Å². The molecule has 0 aliphatic rings. The zero-order valence-electron chi connectivity index (χ0n) is 16.3. The zero-order chi connectivity index (χ0) is 19.3. The average molecular weight is 365 g/mol. The summed E-state index contributed by atoms with van der Waals surface area (Å²) in [5.74, 6) is -0.808. The van der Waals surface area contributed by atoms with Crippen LogP contribution in [-0.4, -0.2) is 40.2 Å². The summed E-state index contributed by atoms with van der Waals surface area (Å²) in [6, 6.07) is 9.00. The molecule has 1 aromatic carbocycles. The van der Waals surface area contributed by atoms with Gasteiger partial charge in [0.1, 0.15) is 0 Å². The van der Waals surface area contributed by atoms with E-state index in [0.717, 1.165) is 0 Å². The van der Waals surface area contributed by atoms with Gasteiger partial charge in [0.25, 0.3) is 0 Å². The van der Waals surface area contributed by atoms with Crippen LogP contribution in [0.1, 0.15) is 38.1 Å². The summed E-state index contributed by atoms with van der Waals surface area (Å²) in [4.78, 5) is 25.2. The normalized spacial score (nSPS) is 15.5. The number of hydrogen-bond donors (Lipinski definition) is 1. The number of benzene rings is 1. The molecule has 2 unspecified atom stereocenters. The topological polar surface area (TPSA) is 64.6 Å². The summed E-state index contributed by atoms with van der Waals surface area (Å²) in [6.07, 6.45) is 0. The second-order valence-corrected chi connectivity index (χ2v) is 9.49. The van der Waals surface area contributed by atoms with Crippen molar-refractivity contribution in [1.29, 1.82) is 0 Å². The summed E-state index contributed by atoms with van der Waals surface area (Å²) >= 11 is 0. The molecular weight excluding hydrogens is 334 g/mol. The summed E-state index contributed by atoms with van der Waals surface area (Å²) in [6.45, 7) is 12.0. The van der Waals surface area contributed by atoms with Crippen molar-refractivity contribution < 1.29 is 18.8 Å². The number of ketones is 1. The lowest BCUT2D eigenvalue weighted by molar-refractivity contribution is -0.174. The third kappa shape index (κ3) is 5.49. The van der Waals surface area contributed by atoms with Crippen molar-refractivity contribution in [1.82, 2.24) is 5.32 Å². The first-order valence-electron chi connectivity index (χ1n) is 8.45. The van der Waals surface area contributed by atoms with Gasteiger partial charge in [-0.3, -0.25) is 10.1 Å². The number of carbonyl (C=O) groups excluding carboxylic acids is 2. The van der Waals surface area contributed by atoms with Gasteiger partial charge in [-0.05, 0) is 18.5 Å². The minimum absolute atomic E-state index is 0.00528. The molecule has 0 aromatic heterocycles. The molecule has 1 N–H and O–H groups in total. The van der Waals surface area contributed by atoms with Gasteiger partial charge in [-0.2, -0.15) is 0 Å². The molecule has 1 rings (SSSR count). The Hall–Kier alpha value is -1.50. The van der Waals surface area contributed by atoms with Crippen LogP contribution in [0.2, 0.25) is 13.1 Å². The highest BCUT2D eigenvalue weighted by Gasteiger charge is 2.50. The Kier molecular flexibility index (Phi) is 7.53. The van der Waals surface area contributed by atoms with E-state index in [-0.39, 0.29) is 23.7 Å². The molecular formula is C19H30NO4Si. The first-order chi connectivity index (χ1) is 11.5. The highest BCUT2D eigenvalue weighted by molar-refractivity contribution is 6.48. The van der Waals surface area contributed by atoms with E-state index in [0.29, 0.717) is 5.56 Å². The van der Waals surface area contributed by atoms with Gasteiger partial charge in [0, 0.05) is 11.5 Å². The Labute approximate surface area is 152 Å². The minimum Gasteiger partial charge on any atom is -0.466 e. The number of ether oxygens (including phenoxy) is 1. The Balaban J connectivity index is 3.16. The number of carbonyl (C=O) groups is 2. The number of nitrogens with one attached hydrogen (secondary N) is 1. The van der Waals surface area contributed by atoms with Crippen molar-refractivity contribution in [3.05, 3.63) is 35.9 Å². The fourth-order valence-corrected chi connectivity index (χ4v) is 3.57. The van der Waals surface area contributed by atoms with Crippen LogP contribution in [0.5, 0.6) is 0 Å². The monoisotopic (exact) mass is 364 g/mol. The van der Waals surface area contributed by atoms with Crippen LogP contribution in [0.25, 0.3) is 0 Å². The van der Waals surface area contributed by atoms with Gasteiger partial charge in [0.2, 0.25) is 14.8 Å². The molecule has 0 saturated heterocycles. The van der Waals surface area contributed by atoms with Crippen LogP contribution >= 0.6 is 0 Å². The van der Waals surface area contributed by atoms with Crippen LogP contribution in [0.4, 0.5) is 0 Å². The summed E-state index contributed by atoms with van der Waals surface area (Å²) in [5.41, 5.74) is -0.987. The predicted octanol–water partition coefficient (Wildman–Crippen LogP) is 3.28. The fourth-order valence-electron chi connectivity index (χ4n) is 2.59. The predicted molar refractivity (Wildman–Crippen MR) is 101 cm³/mol. The molecule has 0 spiro atoms. The van der Waals surface area contributed by atoms with Gasteiger partial charge < -0.3 is 9.16 Å². The molecule has 0 bridgehead atoms.